The number of benzene rings is 2. The number of amides is 1. The first-order valence-electron chi connectivity index (χ1n) is 7.78. The molecule has 1 aromatic heterocycles. The molecular formula is C18H14ClFN2O3S. The number of hydrogen-bond donors (Lipinski definition) is 1. The van der Waals surface area contributed by atoms with Gasteiger partial charge in [0.15, 0.2) is 4.80 Å². The molecule has 0 saturated heterocycles. The summed E-state index contributed by atoms with van der Waals surface area (Å²) in [5, 5.41) is 9.93. The van der Waals surface area contributed by atoms with E-state index in [0.717, 1.165) is 11.3 Å². The molecule has 0 spiro atoms. The summed E-state index contributed by atoms with van der Waals surface area (Å²) in [6.45, 7) is 1.71. The van der Waals surface area contributed by atoms with Crippen molar-refractivity contribution in [3.63, 3.8) is 0 Å². The van der Waals surface area contributed by atoms with E-state index in [0.29, 0.717) is 15.2 Å². The zero-order valence-corrected chi connectivity index (χ0v) is 15.2. The highest BCUT2D eigenvalue weighted by atomic mass is 35.5. The van der Waals surface area contributed by atoms with Crippen LogP contribution in [-0.2, 0) is 4.79 Å². The molecule has 0 radical (unpaired) electrons. The van der Waals surface area contributed by atoms with Crippen LogP contribution in [0, 0.1) is 5.82 Å². The van der Waals surface area contributed by atoms with Gasteiger partial charge in [-0.15, -0.1) is 0 Å². The number of aliphatic carboxylic acids is 1. The van der Waals surface area contributed by atoms with Crippen LogP contribution in [0.4, 0.5) is 4.39 Å². The van der Waals surface area contributed by atoms with E-state index < -0.39 is 23.7 Å². The van der Waals surface area contributed by atoms with Crippen molar-refractivity contribution in [3.05, 3.63) is 63.7 Å². The van der Waals surface area contributed by atoms with Crippen LogP contribution in [-0.4, -0.2) is 21.6 Å². The molecule has 0 aliphatic heterocycles. The molecule has 8 heteroatoms. The van der Waals surface area contributed by atoms with E-state index in [1.165, 1.54) is 22.8 Å². The first kappa shape index (κ1) is 18.3. The normalized spacial score (nSPS) is 13.1. The molecule has 1 heterocycles. The van der Waals surface area contributed by atoms with Gasteiger partial charge in [0.25, 0.3) is 5.91 Å². The standard InChI is InChI=1S/C18H14ClFN2O3S/c1-2-13(17(24)25)22-14-9-12(20)6-7-15(14)26-18(22)21-16(23)10-4-3-5-11(19)8-10/h3-9,13H,2H2,1H3,(H,24,25)/b21-18-. The minimum absolute atomic E-state index is 0.199. The predicted molar refractivity (Wildman–Crippen MR) is 98.1 cm³/mol. The van der Waals surface area contributed by atoms with E-state index in [1.807, 2.05) is 0 Å². The summed E-state index contributed by atoms with van der Waals surface area (Å²) in [7, 11) is 0. The van der Waals surface area contributed by atoms with Crippen LogP contribution < -0.4 is 4.80 Å². The smallest absolute Gasteiger partial charge is 0.326 e. The Hall–Kier alpha value is -2.51. The molecule has 0 bridgehead atoms. The number of nitrogens with zero attached hydrogens (tertiary/aromatic N) is 2. The zero-order chi connectivity index (χ0) is 18.8. The van der Waals surface area contributed by atoms with Crippen molar-refractivity contribution < 1.29 is 19.1 Å². The molecule has 2 aromatic carbocycles. The number of aromatic nitrogens is 1. The van der Waals surface area contributed by atoms with Gasteiger partial charge < -0.3 is 9.67 Å². The van der Waals surface area contributed by atoms with Crippen molar-refractivity contribution in [3.8, 4) is 0 Å². The number of thiazole rings is 1. The van der Waals surface area contributed by atoms with Crippen molar-refractivity contribution in [1.82, 2.24) is 4.57 Å². The van der Waals surface area contributed by atoms with E-state index >= 15 is 0 Å². The maximum absolute atomic E-state index is 13.7. The van der Waals surface area contributed by atoms with Gasteiger partial charge in [-0.3, -0.25) is 4.79 Å². The minimum Gasteiger partial charge on any atom is -0.480 e. The number of carboxylic acids is 1. The van der Waals surface area contributed by atoms with Crippen molar-refractivity contribution in [2.45, 2.75) is 19.4 Å². The molecule has 5 nitrogen and oxygen atoms in total. The third kappa shape index (κ3) is 3.54. The molecular weight excluding hydrogens is 379 g/mol. The number of carbonyl (C=O) groups is 2. The average molecular weight is 393 g/mol. The van der Waals surface area contributed by atoms with Crippen LogP contribution >= 0.6 is 22.9 Å². The number of carboxylic acid groups (broad SMARTS) is 1. The fourth-order valence-corrected chi connectivity index (χ4v) is 3.87. The molecule has 0 aliphatic carbocycles. The second kappa shape index (κ2) is 7.39. The lowest BCUT2D eigenvalue weighted by molar-refractivity contribution is -0.140. The molecule has 0 fully saturated rings. The SMILES string of the molecule is CCC(C(=O)O)n1/c(=N/C(=O)c2cccc(Cl)c2)sc2ccc(F)cc21. The Bertz CT molecular complexity index is 1070. The maximum Gasteiger partial charge on any atom is 0.326 e. The molecule has 3 rings (SSSR count). The van der Waals surface area contributed by atoms with Gasteiger partial charge in [0, 0.05) is 10.6 Å². The lowest BCUT2D eigenvalue weighted by Crippen LogP contribution is -2.27. The summed E-state index contributed by atoms with van der Waals surface area (Å²) in [6, 6.07) is 9.44. The number of rotatable bonds is 4. The van der Waals surface area contributed by atoms with Crippen molar-refractivity contribution >= 4 is 45.0 Å². The third-order valence-corrected chi connectivity index (χ3v) is 5.11. The Morgan fingerprint density at radius 3 is 2.73 bits per heavy atom. The van der Waals surface area contributed by atoms with Crippen LogP contribution in [0.1, 0.15) is 29.7 Å². The Morgan fingerprint density at radius 2 is 2.08 bits per heavy atom. The van der Waals surface area contributed by atoms with Gasteiger partial charge >= 0.3 is 5.97 Å². The van der Waals surface area contributed by atoms with Crippen LogP contribution in [0.15, 0.2) is 47.5 Å². The average Bonchev–Trinajstić information content (AvgIpc) is 2.93. The van der Waals surface area contributed by atoms with Gasteiger partial charge in [0.2, 0.25) is 0 Å². The van der Waals surface area contributed by atoms with E-state index in [1.54, 1.807) is 31.2 Å². The summed E-state index contributed by atoms with van der Waals surface area (Å²) < 4.78 is 15.7. The molecule has 1 amide bonds. The van der Waals surface area contributed by atoms with E-state index in [-0.39, 0.29) is 16.8 Å². The first-order valence-corrected chi connectivity index (χ1v) is 8.98. The summed E-state index contributed by atoms with van der Waals surface area (Å²) in [6.07, 6.45) is 0.260. The maximum atomic E-state index is 13.7. The predicted octanol–water partition coefficient (Wildman–Crippen LogP) is 4.27. The Balaban J connectivity index is 2.24. The fraction of sp³-hybridized carbons (Fsp3) is 0.167. The summed E-state index contributed by atoms with van der Waals surface area (Å²) >= 11 is 7.04. The lowest BCUT2D eigenvalue weighted by atomic mass is 10.2. The van der Waals surface area contributed by atoms with Gasteiger partial charge in [-0.2, -0.15) is 4.99 Å². The van der Waals surface area contributed by atoms with Crippen molar-refractivity contribution in [1.29, 1.82) is 0 Å². The molecule has 1 unspecified atom stereocenters. The molecule has 3 aromatic rings. The largest absolute Gasteiger partial charge is 0.480 e. The van der Waals surface area contributed by atoms with E-state index in [4.69, 9.17) is 11.6 Å². The Kier molecular flexibility index (Phi) is 5.20. The number of carbonyl (C=O) groups excluding carboxylic acids is 1. The second-order valence-electron chi connectivity index (χ2n) is 5.56. The molecule has 26 heavy (non-hydrogen) atoms. The van der Waals surface area contributed by atoms with Crippen LogP contribution in [0.5, 0.6) is 0 Å². The van der Waals surface area contributed by atoms with E-state index in [9.17, 15) is 19.1 Å². The number of hydrogen-bond acceptors (Lipinski definition) is 3. The molecule has 0 saturated carbocycles. The van der Waals surface area contributed by atoms with Gasteiger partial charge in [-0.25, -0.2) is 9.18 Å². The molecule has 1 atom stereocenters. The zero-order valence-electron chi connectivity index (χ0n) is 13.6. The highest BCUT2D eigenvalue weighted by molar-refractivity contribution is 7.16. The Morgan fingerprint density at radius 1 is 1.31 bits per heavy atom. The van der Waals surface area contributed by atoms with E-state index in [2.05, 4.69) is 4.99 Å². The van der Waals surface area contributed by atoms with Gasteiger partial charge in [0.1, 0.15) is 11.9 Å². The number of halogens is 2. The van der Waals surface area contributed by atoms with Crippen molar-refractivity contribution in [2.24, 2.45) is 4.99 Å². The topological polar surface area (TPSA) is 71.7 Å². The summed E-state index contributed by atoms with van der Waals surface area (Å²) in [5.74, 6) is -2.11. The van der Waals surface area contributed by atoms with Gasteiger partial charge in [-0.1, -0.05) is 35.9 Å². The Labute approximate surface area is 157 Å². The summed E-state index contributed by atoms with van der Waals surface area (Å²) in [5.41, 5.74) is 0.679. The van der Waals surface area contributed by atoms with Crippen molar-refractivity contribution in [2.75, 3.05) is 0 Å². The number of fused-ring (bicyclic) bond motifs is 1. The van der Waals surface area contributed by atoms with Gasteiger partial charge in [-0.05, 0) is 42.8 Å². The lowest BCUT2D eigenvalue weighted by Gasteiger charge is -2.13. The quantitative estimate of drug-likeness (QED) is 0.720. The molecule has 0 aliphatic rings. The van der Waals surface area contributed by atoms with Crippen LogP contribution in [0.25, 0.3) is 10.2 Å². The summed E-state index contributed by atoms with van der Waals surface area (Å²) in [4.78, 5) is 28.4. The molecule has 1 N–H and O–H groups in total. The van der Waals surface area contributed by atoms with Crippen LogP contribution in [0.2, 0.25) is 5.02 Å². The van der Waals surface area contributed by atoms with Gasteiger partial charge in [0.05, 0.1) is 10.2 Å². The second-order valence-corrected chi connectivity index (χ2v) is 7.00. The third-order valence-electron chi connectivity index (χ3n) is 3.84. The first-order chi connectivity index (χ1) is 12.4. The highest BCUT2D eigenvalue weighted by Gasteiger charge is 2.22. The monoisotopic (exact) mass is 392 g/mol. The molecule has 134 valence electrons. The van der Waals surface area contributed by atoms with Crippen LogP contribution in [0.3, 0.4) is 0 Å². The fourth-order valence-electron chi connectivity index (χ4n) is 2.63. The highest BCUT2D eigenvalue weighted by Crippen LogP contribution is 2.24. The minimum atomic E-state index is -1.08.